The van der Waals surface area contributed by atoms with E-state index in [1.54, 1.807) is 14.2 Å². The molecule has 0 N–H and O–H groups in total. The van der Waals surface area contributed by atoms with Gasteiger partial charge in [0.15, 0.2) is 0 Å². The largest absolute Gasteiger partial charge is 0.497 e. The third kappa shape index (κ3) is 4.22. The zero-order chi connectivity index (χ0) is 15.9. The monoisotopic (exact) mass is 306 g/mol. The number of hydrogen-bond donors (Lipinski definition) is 0. The van der Waals surface area contributed by atoms with Crippen LogP contribution in [0, 0.1) is 0 Å². The number of fused-ring (bicyclic) bond motifs is 1. The molecule has 22 heavy (non-hydrogen) atoms. The summed E-state index contributed by atoms with van der Waals surface area (Å²) in [7, 11) is 7.56. The number of benzene rings is 1. The summed E-state index contributed by atoms with van der Waals surface area (Å²) in [6.45, 7) is 2.76. The highest BCUT2D eigenvalue weighted by atomic mass is 16.5. The van der Waals surface area contributed by atoms with Crippen molar-refractivity contribution < 1.29 is 14.2 Å². The van der Waals surface area contributed by atoms with Crippen LogP contribution >= 0.6 is 0 Å². The lowest BCUT2D eigenvalue weighted by Gasteiger charge is -2.08. The fourth-order valence-electron chi connectivity index (χ4n) is 2.43. The molecule has 1 aromatic heterocycles. The molecule has 2 rings (SSSR count). The van der Waals surface area contributed by atoms with Crippen molar-refractivity contribution >= 4 is 10.9 Å². The molecule has 0 fully saturated rings. The van der Waals surface area contributed by atoms with Crippen LogP contribution in [0.1, 0.15) is 5.56 Å². The van der Waals surface area contributed by atoms with E-state index in [1.807, 2.05) is 6.07 Å². The number of methoxy groups -OCH3 is 2. The van der Waals surface area contributed by atoms with Gasteiger partial charge in [-0.25, -0.2) is 0 Å². The van der Waals surface area contributed by atoms with Crippen molar-refractivity contribution in [1.82, 2.24) is 9.47 Å². The summed E-state index contributed by atoms with van der Waals surface area (Å²) < 4.78 is 18.2. The van der Waals surface area contributed by atoms with Crippen molar-refractivity contribution in [1.29, 1.82) is 0 Å². The maximum atomic E-state index is 5.66. The average molecular weight is 306 g/mol. The minimum Gasteiger partial charge on any atom is -0.497 e. The smallest absolute Gasteiger partial charge is 0.123 e. The van der Waals surface area contributed by atoms with Crippen LogP contribution in [0.2, 0.25) is 0 Å². The highest BCUT2D eigenvalue weighted by molar-refractivity contribution is 5.85. The molecule has 0 spiro atoms. The molecular formula is C17H26N2O3. The van der Waals surface area contributed by atoms with Gasteiger partial charge in [-0.2, -0.15) is 0 Å². The van der Waals surface area contributed by atoms with Gasteiger partial charge in [0, 0.05) is 25.2 Å². The molecule has 0 bridgehead atoms. The lowest BCUT2D eigenvalue weighted by molar-refractivity contribution is 0.0360. The first-order chi connectivity index (χ1) is 10.7. The number of nitrogens with zero attached hydrogens (tertiary/aromatic N) is 2. The summed E-state index contributed by atoms with van der Waals surface area (Å²) in [5.74, 6) is 0.886. The molecule has 1 heterocycles. The van der Waals surface area contributed by atoms with Crippen LogP contribution < -0.4 is 4.74 Å². The molecule has 0 aliphatic rings. The van der Waals surface area contributed by atoms with Crippen molar-refractivity contribution in [3.8, 4) is 5.75 Å². The SMILES string of the molecule is COCCOCn1cc(CCN(C)C)c2cc(OC)ccc21. The molecule has 0 radical (unpaired) electrons. The predicted molar refractivity (Wildman–Crippen MR) is 88.6 cm³/mol. The second-order valence-electron chi connectivity index (χ2n) is 5.59. The average Bonchev–Trinajstić information content (AvgIpc) is 2.86. The molecule has 0 unspecified atom stereocenters. The Kier molecular flexibility index (Phi) is 6.24. The van der Waals surface area contributed by atoms with Crippen molar-refractivity contribution in [3.05, 3.63) is 30.0 Å². The number of likely N-dealkylation sites (N-methyl/N-ethyl adjacent to an activating group) is 1. The predicted octanol–water partition coefficient (Wildman–Crippen LogP) is 2.37. The van der Waals surface area contributed by atoms with E-state index in [0.717, 1.165) is 18.7 Å². The zero-order valence-electron chi connectivity index (χ0n) is 14.0. The summed E-state index contributed by atoms with van der Waals surface area (Å²) >= 11 is 0. The summed E-state index contributed by atoms with van der Waals surface area (Å²) in [5, 5.41) is 1.23. The van der Waals surface area contributed by atoms with Crippen LogP contribution in [-0.2, 0) is 22.6 Å². The van der Waals surface area contributed by atoms with Gasteiger partial charge in [-0.3, -0.25) is 0 Å². The van der Waals surface area contributed by atoms with E-state index in [1.165, 1.54) is 16.5 Å². The normalized spacial score (nSPS) is 11.5. The molecule has 122 valence electrons. The fraction of sp³-hybridized carbons (Fsp3) is 0.529. The van der Waals surface area contributed by atoms with Gasteiger partial charge in [-0.1, -0.05) is 0 Å². The maximum Gasteiger partial charge on any atom is 0.123 e. The third-order valence-electron chi connectivity index (χ3n) is 3.66. The quantitative estimate of drug-likeness (QED) is 0.666. The second kappa shape index (κ2) is 8.17. The standard InChI is InChI=1S/C17H26N2O3/c1-18(2)8-7-14-12-19(13-22-10-9-20-3)17-6-5-15(21-4)11-16(14)17/h5-6,11-12H,7-10,13H2,1-4H3. The summed E-state index contributed by atoms with van der Waals surface area (Å²) in [6, 6.07) is 6.18. The number of aromatic nitrogens is 1. The Bertz CT molecular complexity index is 593. The van der Waals surface area contributed by atoms with Crippen LogP contribution in [-0.4, -0.2) is 57.5 Å². The van der Waals surface area contributed by atoms with Crippen LogP contribution in [0.3, 0.4) is 0 Å². The maximum absolute atomic E-state index is 5.66. The molecule has 2 aromatic rings. The zero-order valence-corrected chi connectivity index (χ0v) is 14.0. The highest BCUT2D eigenvalue weighted by Crippen LogP contribution is 2.26. The van der Waals surface area contributed by atoms with Crippen molar-refractivity contribution in [3.63, 3.8) is 0 Å². The lowest BCUT2D eigenvalue weighted by atomic mass is 10.1. The summed E-state index contributed by atoms with van der Waals surface area (Å²) in [6.07, 6.45) is 3.18. The highest BCUT2D eigenvalue weighted by Gasteiger charge is 2.10. The van der Waals surface area contributed by atoms with Crippen LogP contribution in [0.5, 0.6) is 5.75 Å². The molecule has 0 saturated heterocycles. The first-order valence-corrected chi connectivity index (χ1v) is 7.53. The molecule has 0 atom stereocenters. The molecule has 5 heteroatoms. The Balaban J connectivity index is 2.23. The van der Waals surface area contributed by atoms with Gasteiger partial charge in [0.1, 0.15) is 12.5 Å². The Labute approximate surface area is 132 Å². The van der Waals surface area contributed by atoms with E-state index in [9.17, 15) is 0 Å². The molecular weight excluding hydrogens is 280 g/mol. The van der Waals surface area contributed by atoms with E-state index < -0.39 is 0 Å². The van der Waals surface area contributed by atoms with E-state index >= 15 is 0 Å². The Morgan fingerprint density at radius 2 is 1.95 bits per heavy atom. The van der Waals surface area contributed by atoms with Crippen molar-refractivity contribution in [2.24, 2.45) is 0 Å². The molecule has 1 aromatic carbocycles. The van der Waals surface area contributed by atoms with Gasteiger partial charge in [-0.15, -0.1) is 0 Å². The van der Waals surface area contributed by atoms with Crippen LogP contribution in [0.25, 0.3) is 10.9 Å². The van der Waals surface area contributed by atoms with Gasteiger partial charge in [0.05, 0.1) is 25.8 Å². The van der Waals surface area contributed by atoms with Gasteiger partial charge >= 0.3 is 0 Å². The number of rotatable bonds is 9. The van der Waals surface area contributed by atoms with Gasteiger partial charge < -0.3 is 23.7 Å². The fourth-order valence-corrected chi connectivity index (χ4v) is 2.43. The van der Waals surface area contributed by atoms with E-state index in [0.29, 0.717) is 19.9 Å². The van der Waals surface area contributed by atoms with Crippen molar-refractivity contribution in [2.45, 2.75) is 13.2 Å². The first-order valence-electron chi connectivity index (χ1n) is 7.53. The number of ether oxygens (including phenoxy) is 3. The molecule has 5 nitrogen and oxygen atoms in total. The second-order valence-corrected chi connectivity index (χ2v) is 5.59. The summed E-state index contributed by atoms with van der Waals surface area (Å²) in [5.41, 5.74) is 2.49. The minimum absolute atomic E-state index is 0.536. The van der Waals surface area contributed by atoms with E-state index in [4.69, 9.17) is 14.2 Å². The van der Waals surface area contributed by atoms with E-state index in [-0.39, 0.29) is 0 Å². The number of hydrogen-bond acceptors (Lipinski definition) is 4. The van der Waals surface area contributed by atoms with Crippen LogP contribution in [0.4, 0.5) is 0 Å². The Morgan fingerprint density at radius 1 is 1.14 bits per heavy atom. The molecule has 0 saturated carbocycles. The van der Waals surface area contributed by atoms with E-state index in [2.05, 4.69) is 41.9 Å². The topological polar surface area (TPSA) is 35.9 Å². The lowest BCUT2D eigenvalue weighted by Crippen LogP contribution is -2.14. The van der Waals surface area contributed by atoms with Gasteiger partial charge in [0.2, 0.25) is 0 Å². The third-order valence-corrected chi connectivity index (χ3v) is 3.66. The van der Waals surface area contributed by atoms with Gasteiger partial charge in [-0.05, 0) is 44.3 Å². The molecule has 0 aliphatic carbocycles. The minimum atomic E-state index is 0.536. The summed E-state index contributed by atoms with van der Waals surface area (Å²) in [4.78, 5) is 2.19. The van der Waals surface area contributed by atoms with Crippen molar-refractivity contribution in [2.75, 3.05) is 48.1 Å². The van der Waals surface area contributed by atoms with Crippen LogP contribution in [0.15, 0.2) is 24.4 Å². The Hall–Kier alpha value is -1.56. The molecule has 0 aliphatic heterocycles. The van der Waals surface area contributed by atoms with Gasteiger partial charge in [0.25, 0.3) is 0 Å². The first kappa shape index (κ1) is 16.8. The Morgan fingerprint density at radius 3 is 2.64 bits per heavy atom. The molecule has 0 amide bonds.